The zero-order chi connectivity index (χ0) is 17.9. The van der Waals surface area contributed by atoms with Crippen molar-refractivity contribution in [3.05, 3.63) is 29.0 Å². The molecule has 9 heteroatoms. The van der Waals surface area contributed by atoms with E-state index in [1.807, 2.05) is 30.0 Å². The number of aldehydes is 1. The summed E-state index contributed by atoms with van der Waals surface area (Å²) in [6.45, 7) is 0. The van der Waals surface area contributed by atoms with Gasteiger partial charge in [0.15, 0.2) is 0 Å². The van der Waals surface area contributed by atoms with Gasteiger partial charge in [-0.3, -0.25) is 0 Å². The van der Waals surface area contributed by atoms with Crippen LogP contribution in [0.25, 0.3) is 6.08 Å². The van der Waals surface area contributed by atoms with Crippen LogP contribution in [0.5, 0.6) is 0 Å². The SMILES string of the molecule is COC(=O)C1=C(C(=O)OC)SC(=Cc2c(N(C)C)c[se]c2C=O)S1. The van der Waals surface area contributed by atoms with Gasteiger partial charge in [0, 0.05) is 0 Å². The topological polar surface area (TPSA) is 72.9 Å². The normalized spacial score (nSPS) is 13.8. The quantitative estimate of drug-likeness (QED) is 0.397. The van der Waals surface area contributed by atoms with Gasteiger partial charge in [0.2, 0.25) is 0 Å². The van der Waals surface area contributed by atoms with Gasteiger partial charge in [-0.05, 0) is 0 Å². The van der Waals surface area contributed by atoms with Gasteiger partial charge in [-0.25, -0.2) is 0 Å². The van der Waals surface area contributed by atoms with Crippen molar-refractivity contribution < 1.29 is 23.9 Å². The van der Waals surface area contributed by atoms with Crippen LogP contribution in [0.1, 0.15) is 14.8 Å². The van der Waals surface area contributed by atoms with Crippen molar-refractivity contribution in [2.24, 2.45) is 0 Å². The van der Waals surface area contributed by atoms with E-state index in [-0.39, 0.29) is 24.3 Å². The van der Waals surface area contributed by atoms with E-state index < -0.39 is 11.9 Å². The van der Waals surface area contributed by atoms with E-state index in [2.05, 4.69) is 0 Å². The molecule has 1 aliphatic rings. The van der Waals surface area contributed by atoms with Crippen molar-refractivity contribution >= 4 is 68.0 Å². The van der Waals surface area contributed by atoms with Crippen LogP contribution in [0, 0.1) is 0 Å². The van der Waals surface area contributed by atoms with Crippen LogP contribution in [0.15, 0.2) is 19.0 Å². The molecule has 0 radical (unpaired) electrons. The number of thioether (sulfide) groups is 2. The monoisotopic (exact) mass is 433 g/mol. The third-order valence-corrected chi connectivity index (χ3v) is 7.37. The fourth-order valence-corrected chi connectivity index (χ4v) is 6.19. The maximum absolute atomic E-state index is 11.9. The van der Waals surface area contributed by atoms with Gasteiger partial charge in [-0.15, -0.1) is 0 Å². The minimum absolute atomic E-state index is 0.0224. The Labute approximate surface area is 154 Å². The van der Waals surface area contributed by atoms with E-state index in [0.29, 0.717) is 0 Å². The van der Waals surface area contributed by atoms with Crippen molar-refractivity contribution in [2.75, 3.05) is 33.2 Å². The van der Waals surface area contributed by atoms with E-state index in [1.165, 1.54) is 14.2 Å². The van der Waals surface area contributed by atoms with Crippen molar-refractivity contribution in [3.8, 4) is 0 Å². The molecule has 24 heavy (non-hydrogen) atoms. The molecule has 128 valence electrons. The molecule has 1 aromatic heterocycles. The first-order valence-corrected chi connectivity index (χ1v) is 10.1. The van der Waals surface area contributed by atoms with Gasteiger partial charge in [-0.1, -0.05) is 0 Å². The van der Waals surface area contributed by atoms with Gasteiger partial charge >= 0.3 is 154 Å². The molecule has 1 aliphatic heterocycles. The second kappa shape index (κ2) is 8.11. The Morgan fingerprint density at radius 2 is 1.67 bits per heavy atom. The van der Waals surface area contributed by atoms with Crippen molar-refractivity contribution in [1.29, 1.82) is 0 Å². The summed E-state index contributed by atoms with van der Waals surface area (Å²) < 4.78 is 10.9. The van der Waals surface area contributed by atoms with Crippen molar-refractivity contribution in [2.45, 2.75) is 0 Å². The average molecular weight is 432 g/mol. The molecule has 0 aliphatic carbocycles. The molecule has 1 aromatic rings. The number of nitrogens with zero attached hydrogens (tertiary/aromatic N) is 1. The molecule has 0 spiro atoms. The molecule has 2 rings (SSSR count). The fourth-order valence-electron chi connectivity index (χ4n) is 1.90. The first-order chi connectivity index (χ1) is 11.4. The number of hydrogen-bond acceptors (Lipinski definition) is 8. The van der Waals surface area contributed by atoms with Gasteiger partial charge in [0.05, 0.1) is 0 Å². The molecular weight excluding hydrogens is 417 g/mol. The van der Waals surface area contributed by atoms with Crippen molar-refractivity contribution in [1.82, 2.24) is 0 Å². The molecule has 0 amide bonds. The predicted molar refractivity (Wildman–Crippen MR) is 97.3 cm³/mol. The number of rotatable bonds is 5. The first kappa shape index (κ1) is 18.9. The summed E-state index contributed by atoms with van der Waals surface area (Å²) in [6.07, 6.45) is 2.69. The van der Waals surface area contributed by atoms with Crippen LogP contribution in [0.4, 0.5) is 5.69 Å². The van der Waals surface area contributed by atoms with E-state index >= 15 is 0 Å². The summed E-state index contributed by atoms with van der Waals surface area (Å²) in [5.41, 5.74) is 1.78. The Morgan fingerprint density at radius 3 is 2.08 bits per heavy atom. The molecule has 0 aromatic carbocycles. The molecule has 0 N–H and O–H groups in total. The van der Waals surface area contributed by atoms with E-state index in [0.717, 1.165) is 49.7 Å². The van der Waals surface area contributed by atoms with Gasteiger partial charge in [0.1, 0.15) is 0 Å². The summed E-state index contributed by atoms with van der Waals surface area (Å²) in [7, 11) is 6.33. The maximum atomic E-state index is 11.9. The minimum atomic E-state index is -0.583. The van der Waals surface area contributed by atoms with Crippen molar-refractivity contribution in [3.63, 3.8) is 0 Å². The Balaban J connectivity index is 2.42. The molecule has 0 unspecified atom stereocenters. The first-order valence-electron chi connectivity index (χ1n) is 6.65. The number of carbonyl (C=O) groups is 3. The summed E-state index contributed by atoms with van der Waals surface area (Å²) in [5, 5.41) is 0. The number of anilines is 1. The molecule has 6 nitrogen and oxygen atoms in total. The van der Waals surface area contributed by atoms with Crippen LogP contribution in [0.3, 0.4) is 0 Å². The second-order valence-corrected chi connectivity index (χ2v) is 8.99. The van der Waals surface area contributed by atoms with Crippen LogP contribution in [-0.2, 0) is 19.1 Å². The number of methoxy groups -OCH3 is 2. The van der Waals surface area contributed by atoms with E-state index in [1.54, 1.807) is 0 Å². The number of carbonyl (C=O) groups excluding carboxylic acids is 3. The van der Waals surface area contributed by atoms with E-state index in [9.17, 15) is 14.4 Å². The van der Waals surface area contributed by atoms with Crippen LogP contribution >= 0.6 is 23.5 Å². The summed E-state index contributed by atoms with van der Waals surface area (Å²) in [4.78, 5) is 39.4. The zero-order valence-electron chi connectivity index (χ0n) is 13.4. The number of ether oxygens (including phenoxy) is 2. The molecular formula is C15H15NO5S2Se. The Hall–Kier alpha value is -1.41. The molecule has 0 saturated heterocycles. The molecule has 0 bridgehead atoms. The van der Waals surface area contributed by atoms with Crippen LogP contribution < -0.4 is 4.90 Å². The average Bonchev–Trinajstić information content (AvgIpc) is 3.17. The molecule has 2 heterocycles. The van der Waals surface area contributed by atoms with Gasteiger partial charge in [-0.2, -0.15) is 0 Å². The van der Waals surface area contributed by atoms with Gasteiger partial charge < -0.3 is 0 Å². The summed E-state index contributed by atoms with van der Waals surface area (Å²) in [6, 6.07) is 0. The predicted octanol–water partition coefficient (Wildman–Crippen LogP) is 1.96. The molecule has 0 saturated carbocycles. The second-order valence-electron chi connectivity index (χ2n) is 4.72. The Bertz CT molecular complexity index is 721. The molecule has 0 atom stereocenters. The number of hydrogen-bond donors (Lipinski definition) is 0. The third kappa shape index (κ3) is 3.80. The summed E-state index contributed by atoms with van der Waals surface area (Å²) in [5.74, 6) is -1.17. The summed E-state index contributed by atoms with van der Waals surface area (Å²) >= 11 is 2.27. The third-order valence-electron chi connectivity index (χ3n) is 3.04. The Kier molecular flexibility index (Phi) is 6.40. The Morgan fingerprint density at radius 1 is 1.12 bits per heavy atom. The fraction of sp³-hybridized carbons (Fsp3) is 0.267. The van der Waals surface area contributed by atoms with Crippen LogP contribution in [0.2, 0.25) is 0 Å². The number of esters is 2. The zero-order valence-corrected chi connectivity index (χ0v) is 16.8. The standard InChI is InChI=1S/C15H15NO5S2Se/c1-16(2)9-7-24-10(6-17)8(9)5-11-22-12(14(18)20-3)13(23-11)15(19)21-4/h5-7H,1-4H3. The molecule has 0 fully saturated rings. The van der Waals surface area contributed by atoms with Gasteiger partial charge in [0.25, 0.3) is 0 Å². The van der Waals surface area contributed by atoms with Crippen LogP contribution in [-0.4, -0.2) is 61.0 Å². The van der Waals surface area contributed by atoms with E-state index in [4.69, 9.17) is 9.47 Å².